The smallest absolute Gasteiger partial charge is 0.247 e. The molecule has 0 aliphatic heterocycles. The van der Waals surface area contributed by atoms with Crippen molar-refractivity contribution in [3.8, 4) is 0 Å². The van der Waals surface area contributed by atoms with Crippen molar-refractivity contribution >= 4 is 11.8 Å². The van der Waals surface area contributed by atoms with E-state index < -0.39 is 6.04 Å². The maximum absolute atomic E-state index is 13.4. The number of benzene rings is 3. The Kier molecular flexibility index (Phi) is 7.77. The molecule has 3 aromatic carbocycles. The van der Waals surface area contributed by atoms with Gasteiger partial charge in [0.05, 0.1) is 0 Å². The van der Waals surface area contributed by atoms with Gasteiger partial charge in [-0.05, 0) is 35.7 Å². The van der Waals surface area contributed by atoms with Crippen LogP contribution < -0.4 is 5.32 Å². The predicted octanol–water partition coefficient (Wildman–Crippen LogP) is 5.18. The average molecular weight is 433 g/mol. The first-order valence-corrected chi connectivity index (χ1v) is 10.8. The highest BCUT2D eigenvalue weighted by molar-refractivity contribution is 5.89. The van der Waals surface area contributed by atoms with Crippen molar-refractivity contribution < 1.29 is 14.0 Å². The summed E-state index contributed by atoms with van der Waals surface area (Å²) in [6.45, 7) is 6.20. The Hall–Kier alpha value is -3.47. The molecule has 0 spiro atoms. The SMILES string of the molecule is Cc1ccc(CNC(=O)[C@H](c2ccccc2)N(Cc2ccc(F)cc2)C(=O)C(C)C)cc1. The second kappa shape index (κ2) is 10.7. The fourth-order valence-corrected chi connectivity index (χ4v) is 3.51. The molecule has 32 heavy (non-hydrogen) atoms. The van der Waals surface area contributed by atoms with E-state index in [-0.39, 0.29) is 30.1 Å². The van der Waals surface area contributed by atoms with Crippen molar-refractivity contribution in [2.45, 2.75) is 39.9 Å². The number of nitrogens with one attached hydrogen (secondary N) is 1. The number of aryl methyl sites for hydroxylation is 1. The summed E-state index contributed by atoms with van der Waals surface area (Å²) in [5, 5.41) is 2.99. The summed E-state index contributed by atoms with van der Waals surface area (Å²) in [6.07, 6.45) is 0. The van der Waals surface area contributed by atoms with Gasteiger partial charge in [-0.3, -0.25) is 9.59 Å². The first-order chi connectivity index (χ1) is 15.3. The lowest BCUT2D eigenvalue weighted by molar-refractivity contribution is -0.144. The number of hydrogen-bond donors (Lipinski definition) is 1. The summed E-state index contributed by atoms with van der Waals surface area (Å²) >= 11 is 0. The highest BCUT2D eigenvalue weighted by Gasteiger charge is 2.32. The van der Waals surface area contributed by atoms with E-state index >= 15 is 0 Å². The molecule has 0 aliphatic rings. The maximum atomic E-state index is 13.4. The third-order valence-corrected chi connectivity index (χ3v) is 5.31. The summed E-state index contributed by atoms with van der Waals surface area (Å²) in [5.41, 5.74) is 3.61. The molecule has 3 rings (SSSR count). The van der Waals surface area contributed by atoms with E-state index in [1.165, 1.54) is 12.1 Å². The first kappa shape index (κ1) is 23.2. The second-order valence-corrected chi connectivity index (χ2v) is 8.26. The van der Waals surface area contributed by atoms with E-state index in [2.05, 4.69) is 5.32 Å². The molecule has 2 amide bonds. The standard InChI is InChI=1S/C27H29FN2O2/c1-19(2)27(32)30(18-22-13-15-24(28)16-14-22)25(23-7-5-4-6-8-23)26(31)29-17-21-11-9-20(3)10-12-21/h4-16,19,25H,17-18H2,1-3H3,(H,29,31)/t25-/m0/s1. The maximum Gasteiger partial charge on any atom is 0.247 e. The summed E-state index contributed by atoms with van der Waals surface area (Å²) < 4.78 is 13.4. The Labute approximate surface area is 189 Å². The number of halogens is 1. The number of hydrogen-bond acceptors (Lipinski definition) is 2. The van der Waals surface area contributed by atoms with Gasteiger partial charge in [-0.2, -0.15) is 0 Å². The fraction of sp³-hybridized carbons (Fsp3) is 0.259. The molecule has 1 N–H and O–H groups in total. The van der Waals surface area contributed by atoms with Crippen LogP contribution in [0.4, 0.5) is 4.39 Å². The Balaban J connectivity index is 1.92. The minimum atomic E-state index is -0.804. The second-order valence-electron chi connectivity index (χ2n) is 8.26. The molecule has 0 aliphatic carbocycles. The van der Waals surface area contributed by atoms with Crippen molar-refractivity contribution in [1.82, 2.24) is 10.2 Å². The third-order valence-electron chi connectivity index (χ3n) is 5.31. The molecule has 0 fully saturated rings. The zero-order valence-corrected chi connectivity index (χ0v) is 18.7. The van der Waals surface area contributed by atoms with E-state index in [9.17, 15) is 14.0 Å². The minimum Gasteiger partial charge on any atom is -0.350 e. The van der Waals surface area contributed by atoms with Crippen LogP contribution in [0.2, 0.25) is 0 Å². The average Bonchev–Trinajstić information content (AvgIpc) is 2.79. The minimum absolute atomic E-state index is 0.145. The lowest BCUT2D eigenvalue weighted by Gasteiger charge is -2.33. The Bertz CT molecular complexity index is 1030. The van der Waals surface area contributed by atoms with E-state index in [0.29, 0.717) is 6.54 Å². The monoisotopic (exact) mass is 432 g/mol. The van der Waals surface area contributed by atoms with Crippen LogP contribution in [0.1, 0.15) is 42.1 Å². The van der Waals surface area contributed by atoms with Crippen LogP contribution in [0, 0.1) is 18.7 Å². The molecule has 0 aromatic heterocycles. The van der Waals surface area contributed by atoms with Gasteiger partial charge in [0.1, 0.15) is 11.9 Å². The van der Waals surface area contributed by atoms with Crippen molar-refractivity contribution in [1.29, 1.82) is 0 Å². The molecule has 0 saturated heterocycles. The van der Waals surface area contributed by atoms with Crippen LogP contribution in [0.15, 0.2) is 78.9 Å². The van der Waals surface area contributed by atoms with Gasteiger partial charge in [-0.15, -0.1) is 0 Å². The summed E-state index contributed by atoms with van der Waals surface area (Å²) in [5.74, 6) is -1.04. The number of amides is 2. The lowest BCUT2D eigenvalue weighted by Crippen LogP contribution is -2.44. The van der Waals surface area contributed by atoms with Crippen LogP contribution in [0.5, 0.6) is 0 Å². The van der Waals surface area contributed by atoms with Gasteiger partial charge in [-0.25, -0.2) is 4.39 Å². The van der Waals surface area contributed by atoms with Crippen molar-refractivity contribution in [3.63, 3.8) is 0 Å². The molecule has 3 aromatic rings. The number of carbonyl (C=O) groups is 2. The van der Waals surface area contributed by atoms with Gasteiger partial charge < -0.3 is 10.2 Å². The molecule has 4 nitrogen and oxygen atoms in total. The van der Waals surface area contributed by atoms with Gasteiger partial charge >= 0.3 is 0 Å². The zero-order chi connectivity index (χ0) is 23.1. The molecule has 0 unspecified atom stereocenters. The summed E-state index contributed by atoms with van der Waals surface area (Å²) in [7, 11) is 0. The molecule has 0 saturated carbocycles. The zero-order valence-electron chi connectivity index (χ0n) is 18.7. The van der Waals surface area contributed by atoms with E-state index in [0.717, 1.165) is 22.3 Å². The van der Waals surface area contributed by atoms with Crippen LogP contribution in [0.3, 0.4) is 0 Å². The molecule has 166 valence electrons. The predicted molar refractivity (Wildman–Crippen MR) is 124 cm³/mol. The largest absolute Gasteiger partial charge is 0.350 e. The van der Waals surface area contributed by atoms with Crippen molar-refractivity contribution in [3.05, 3.63) is 107 Å². The Morgan fingerprint density at radius 3 is 2.06 bits per heavy atom. The van der Waals surface area contributed by atoms with Crippen LogP contribution in [0.25, 0.3) is 0 Å². The van der Waals surface area contributed by atoms with Crippen LogP contribution in [-0.4, -0.2) is 16.7 Å². The topological polar surface area (TPSA) is 49.4 Å². The van der Waals surface area contributed by atoms with Crippen LogP contribution >= 0.6 is 0 Å². The molecular weight excluding hydrogens is 403 g/mol. The van der Waals surface area contributed by atoms with Crippen molar-refractivity contribution in [2.24, 2.45) is 5.92 Å². The van der Waals surface area contributed by atoms with Crippen molar-refractivity contribution in [2.75, 3.05) is 0 Å². The Morgan fingerprint density at radius 1 is 0.875 bits per heavy atom. The number of carbonyl (C=O) groups excluding carboxylic acids is 2. The molecule has 0 heterocycles. The molecule has 0 radical (unpaired) electrons. The van der Waals surface area contributed by atoms with Gasteiger partial charge in [0.15, 0.2) is 0 Å². The summed E-state index contributed by atoms with van der Waals surface area (Å²) in [6, 6.07) is 22.4. The van der Waals surface area contributed by atoms with E-state index in [4.69, 9.17) is 0 Å². The van der Waals surface area contributed by atoms with Crippen LogP contribution in [-0.2, 0) is 22.7 Å². The van der Waals surface area contributed by atoms with Gasteiger partial charge in [0.2, 0.25) is 11.8 Å². The molecule has 1 atom stereocenters. The third kappa shape index (κ3) is 6.03. The van der Waals surface area contributed by atoms with Gasteiger partial charge in [-0.1, -0.05) is 86.1 Å². The Morgan fingerprint density at radius 2 is 1.47 bits per heavy atom. The van der Waals surface area contributed by atoms with Gasteiger partial charge in [0, 0.05) is 19.0 Å². The number of rotatable bonds is 8. The number of nitrogens with zero attached hydrogens (tertiary/aromatic N) is 1. The molecular formula is C27H29FN2O2. The van der Waals surface area contributed by atoms with Gasteiger partial charge in [0.25, 0.3) is 0 Å². The highest BCUT2D eigenvalue weighted by atomic mass is 19.1. The highest BCUT2D eigenvalue weighted by Crippen LogP contribution is 2.26. The molecule has 5 heteroatoms. The first-order valence-electron chi connectivity index (χ1n) is 10.8. The molecule has 0 bridgehead atoms. The van der Waals surface area contributed by atoms with E-state index in [1.807, 2.05) is 75.4 Å². The lowest BCUT2D eigenvalue weighted by atomic mass is 10.0. The fourth-order valence-electron chi connectivity index (χ4n) is 3.51. The quantitative estimate of drug-likeness (QED) is 0.533. The van der Waals surface area contributed by atoms with E-state index in [1.54, 1.807) is 17.0 Å². The normalized spacial score (nSPS) is 11.8. The summed E-state index contributed by atoms with van der Waals surface area (Å²) in [4.78, 5) is 28.2.